The van der Waals surface area contributed by atoms with Crippen LogP contribution in [0.2, 0.25) is 5.02 Å². The van der Waals surface area contributed by atoms with Crippen molar-refractivity contribution in [1.29, 1.82) is 0 Å². The Morgan fingerprint density at radius 1 is 1.33 bits per heavy atom. The van der Waals surface area contributed by atoms with Crippen LogP contribution in [0.5, 0.6) is 0 Å². The average molecular weight is 376 g/mol. The van der Waals surface area contributed by atoms with Crippen LogP contribution in [-0.2, 0) is 24.4 Å². The molecule has 1 saturated carbocycles. The number of halogens is 1. The number of carbonyl (C=O) groups is 2. The highest BCUT2D eigenvalue weighted by Crippen LogP contribution is 2.26. The predicted molar refractivity (Wildman–Crippen MR) is 86.1 cm³/mol. The van der Waals surface area contributed by atoms with E-state index in [1.54, 1.807) is 0 Å². The molecule has 0 spiro atoms. The lowest BCUT2D eigenvalue weighted by molar-refractivity contribution is -0.129. The van der Waals surface area contributed by atoms with Crippen LogP contribution in [0.15, 0.2) is 23.1 Å². The number of sulfonamides is 1. The van der Waals surface area contributed by atoms with Crippen molar-refractivity contribution in [2.75, 3.05) is 14.2 Å². The molecule has 132 valence electrons. The molecule has 0 amide bonds. The molecule has 0 saturated heterocycles. The molecule has 0 heterocycles. The maximum atomic E-state index is 12.3. The van der Waals surface area contributed by atoms with E-state index in [4.69, 9.17) is 16.3 Å². The maximum Gasteiger partial charge on any atom is 0.338 e. The minimum absolute atomic E-state index is 0.000788. The molecular formula is C15H18ClNO6S. The van der Waals surface area contributed by atoms with E-state index < -0.39 is 22.1 Å². The zero-order valence-electron chi connectivity index (χ0n) is 13.3. The first kappa shape index (κ1) is 18.9. The highest BCUT2D eigenvalue weighted by Gasteiger charge is 2.28. The van der Waals surface area contributed by atoms with Crippen molar-refractivity contribution in [3.05, 3.63) is 28.8 Å². The quantitative estimate of drug-likeness (QED) is 0.578. The monoisotopic (exact) mass is 375 g/mol. The number of ether oxygens (including phenoxy) is 1. The van der Waals surface area contributed by atoms with Crippen LogP contribution in [-0.4, -0.2) is 44.9 Å². The van der Waals surface area contributed by atoms with Crippen LogP contribution < -0.4 is 0 Å². The lowest BCUT2D eigenvalue weighted by atomic mass is 9.96. The Balaban J connectivity index is 2.27. The summed E-state index contributed by atoms with van der Waals surface area (Å²) in [5.41, 5.74) is 0.000788. The van der Waals surface area contributed by atoms with E-state index in [2.05, 4.69) is 4.84 Å². The number of nitrogens with zero attached hydrogens (tertiary/aromatic N) is 1. The summed E-state index contributed by atoms with van der Waals surface area (Å²) < 4.78 is 30.5. The van der Waals surface area contributed by atoms with Gasteiger partial charge in [0.2, 0.25) is 0 Å². The third-order valence-corrected chi connectivity index (χ3v) is 5.95. The molecule has 1 aliphatic rings. The van der Waals surface area contributed by atoms with Gasteiger partial charge in [0.15, 0.2) is 11.9 Å². The number of esters is 1. The Morgan fingerprint density at radius 2 is 2.04 bits per heavy atom. The fraction of sp³-hybridized carbons (Fsp3) is 0.467. The predicted octanol–water partition coefficient (Wildman–Crippen LogP) is 2.19. The lowest BCUT2D eigenvalue weighted by Gasteiger charge is -2.21. The summed E-state index contributed by atoms with van der Waals surface area (Å²) in [6.07, 6.45) is 1.69. The van der Waals surface area contributed by atoms with E-state index in [1.807, 2.05) is 0 Å². The Labute approximate surface area is 145 Å². The number of hydrogen-bond donors (Lipinski definition) is 0. The van der Waals surface area contributed by atoms with Crippen molar-refractivity contribution in [3.8, 4) is 0 Å². The van der Waals surface area contributed by atoms with Gasteiger partial charge in [0.25, 0.3) is 10.0 Å². The second-order valence-corrected chi connectivity index (χ2v) is 7.66. The Kier molecular flexibility index (Phi) is 5.97. The van der Waals surface area contributed by atoms with Crippen molar-refractivity contribution in [2.45, 2.75) is 36.7 Å². The van der Waals surface area contributed by atoms with Gasteiger partial charge in [0.05, 0.1) is 17.7 Å². The van der Waals surface area contributed by atoms with E-state index >= 15 is 0 Å². The third-order valence-electron chi connectivity index (χ3n) is 3.79. The van der Waals surface area contributed by atoms with Gasteiger partial charge in [-0.2, -0.15) is 0 Å². The van der Waals surface area contributed by atoms with Crippen molar-refractivity contribution in [2.24, 2.45) is 0 Å². The van der Waals surface area contributed by atoms with E-state index in [0.717, 1.165) is 18.9 Å². The van der Waals surface area contributed by atoms with Gasteiger partial charge in [-0.25, -0.2) is 13.2 Å². The van der Waals surface area contributed by atoms with Crippen molar-refractivity contribution in [1.82, 2.24) is 4.47 Å². The first-order valence-electron chi connectivity index (χ1n) is 7.33. The van der Waals surface area contributed by atoms with Gasteiger partial charge in [-0.15, -0.1) is 0 Å². The molecule has 1 aliphatic carbocycles. The van der Waals surface area contributed by atoms with Gasteiger partial charge in [-0.05, 0) is 37.5 Å². The molecule has 0 aromatic heterocycles. The molecule has 0 radical (unpaired) electrons. The summed E-state index contributed by atoms with van der Waals surface area (Å²) in [7, 11) is -1.62. The number of hydroxylamine groups is 1. The zero-order chi connectivity index (χ0) is 17.9. The standard InChI is InChI=1S/C15H18ClNO6S/c1-17(22-2)24(20,21)14-9-10(7-8-11(14)16)15(19)23-13-6-4-3-5-12(13)18/h7-9,13H,3-6H2,1-2H3/t13-/m0/s1. The first-order valence-corrected chi connectivity index (χ1v) is 9.15. The summed E-state index contributed by atoms with van der Waals surface area (Å²) in [5, 5.41) is -0.0517. The minimum atomic E-state index is -4.02. The first-order chi connectivity index (χ1) is 11.3. The molecule has 9 heteroatoms. The topological polar surface area (TPSA) is 90.0 Å². The van der Waals surface area contributed by atoms with Gasteiger partial charge in [-0.3, -0.25) is 9.63 Å². The van der Waals surface area contributed by atoms with Crippen LogP contribution >= 0.6 is 11.6 Å². The van der Waals surface area contributed by atoms with Gasteiger partial charge in [-0.1, -0.05) is 16.1 Å². The Morgan fingerprint density at radius 3 is 2.67 bits per heavy atom. The Hall–Kier alpha value is -1.48. The summed E-state index contributed by atoms with van der Waals surface area (Å²) in [5.74, 6) is -0.876. The van der Waals surface area contributed by atoms with Crippen LogP contribution in [0.4, 0.5) is 0 Å². The van der Waals surface area contributed by atoms with Crippen molar-refractivity contribution >= 4 is 33.4 Å². The summed E-state index contributed by atoms with van der Waals surface area (Å²) >= 11 is 5.93. The maximum absolute atomic E-state index is 12.3. The molecular weight excluding hydrogens is 358 g/mol. The SMILES string of the molecule is CON(C)S(=O)(=O)c1cc(C(=O)O[C@H]2CCCCC2=O)ccc1Cl. The van der Waals surface area contributed by atoms with Crippen LogP contribution in [0.25, 0.3) is 0 Å². The third kappa shape index (κ3) is 3.94. The van der Waals surface area contributed by atoms with Crippen molar-refractivity contribution in [3.63, 3.8) is 0 Å². The molecule has 2 rings (SSSR count). The molecule has 1 aromatic rings. The fourth-order valence-corrected chi connectivity index (χ4v) is 3.81. The number of Topliss-reactive ketones (excluding diaryl/α,β-unsaturated/α-hetero) is 1. The highest BCUT2D eigenvalue weighted by molar-refractivity contribution is 7.89. The Bertz CT molecular complexity index is 748. The van der Waals surface area contributed by atoms with E-state index in [0.29, 0.717) is 17.3 Å². The number of benzene rings is 1. The molecule has 1 atom stereocenters. The van der Waals surface area contributed by atoms with Gasteiger partial charge < -0.3 is 4.74 Å². The second-order valence-electron chi connectivity index (χ2n) is 5.35. The average Bonchev–Trinajstić information content (AvgIpc) is 2.56. The number of carbonyl (C=O) groups excluding carboxylic acids is 2. The normalized spacial score (nSPS) is 18.7. The highest BCUT2D eigenvalue weighted by atomic mass is 35.5. The molecule has 0 unspecified atom stereocenters. The zero-order valence-corrected chi connectivity index (χ0v) is 14.9. The van der Waals surface area contributed by atoms with E-state index in [9.17, 15) is 18.0 Å². The smallest absolute Gasteiger partial charge is 0.338 e. The molecule has 7 nitrogen and oxygen atoms in total. The van der Waals surface area contributed by atoms with E-state index in [1.165, 1.54) is 26.3 Å². The number of ketones is 1. The molecule has 0 bridgehead atoms. The molecule has 1 aromatic carbocycles. The van der Waals surface area contributed by atoms with Gasteiger partial charge in [0.1, 0.15) is 4.90 Å². The lowest BCUT2D eigenvalue weighted by Crippen LogP contribution is -2.30. The second kappa shape index (κ2) is 7.60. The van der Waals surface area contributed by atoms with Crippen LogP contribution in [0.3, 0.4) is 0 Å². The molecule has 24 heavy (non-hydrogen) atoms. The van der Waals surface area contributed by atoms with E-state index in [-0.39, 0.29) is 21.3 Å². The molecule has 1 fully saturated rings. The summed E-state index contributed by atoms with van der Waals surface area (Å²) in [4.78, 5) is 28.4. The van der Waals surface area contributed by atoms with Crippen molar-refractivity contribution < 1.29 is 27.6 Å². The largest absolute Gasteiger partial charge is 0.451 e. The number of rotatable bonds is 5. The van der Waals surface area contributed by atoms with Gasteiger partial charge >= 0.3 is 5.97 Å². The number of hydrogen-bond acceptors (Lipinski definition) is 6. The fourth-order valence-electron chi connectivity index (χ4n) is 2.34. The van der Waals surface area contributed by atoms with Crippen LogP contribution in [0, 0.1) is 0 Å². The minimum Gasteiger partial charge on any atom is -0.451 e. The summed E-state index contributed by atoms with van der Waals surface area (Å²) in [6.45, 7) is 0. The summed E-state index contributed by atoms with van der Waals surface area (Å²) in [6, 6.07) is 3.75. The van der Waals surface area contributed by atoms with Gasteiger partial charge in [0, 0.05) is 13.5 Å². The molecule has 0 N–H and O–H groups in total. The molecule has 0 aliphatic heterocycles. The van der Waals surface area contributed by atoms with Crippen LogP contribution in [0.1, 0.15) is 36.0 Å².